The highest BCUT2D eigenvalue weighted by molar-refractivity contribution is 6.30. The Morgan fingerprint density at radius 3 is 2.62 bits per heavy atom. The number of hydrogen-bond acceptors (Lipinski definition) is 3. The van der Waals surface area contributed by atoms with Crippen LogP contribution in [0.25, 0.3) is 21.9 Å². The van der Waals surface area contributed by atoms with Gasteiger partial charge in [-0.25, -0.2) is 4.79 Å². The van der Waals surface area contributed by atoms with Crippen LogP contribution in [-0.4, -0.2) is 6.09 Å². The Labute approximate surface area is 142 Å². The average Bonchev–Trinajstić information content (AvgIpc) is 2.93. The number of carbonyl (C=O) groups excluding carboxylic acids is 1. The summed E-state index contributed by atoms with van der Waals surface area (Å²) in [6.07, 6.45) is -0.579. The molecule has 4 rings (SSSR count). The molecule has 0 aliphatic rings. The van der Waals surface area contributed by atoms with Gasteiger partial charge in [-0.1, -0.05) is 35.9 Å². The van der Waals surface area contributed by atoms with Crippen molar-refractivity contribution in [3.05, 3.63) is 71.8 Å². The first-order valence-electron chi connectivity index (χ1n) is 7.35. The number of furan rings is 1. The largest absolute Gasteiger partial charge is 0.456 e. The minimum absolute atomic E-state index is 0.439. The van der Waals surface area contributed by atoms with Gasteiger partial charge in [0, 0.05) is 21.5 Å². The van der Waals surface area contributed by atoms with E-state index in [2.05, 4.69) is 5.32 Å². The fourth-order valence-electron chi connectivity index (χ4n) is 2.59. The molecule has 0 spiro atoms. The second-order valence-corrected chi connectivity index (χ2v) is 5.72. The molecule has 0 bridgehead atoms. The second-order valence-electron chi connectivity index (χ2n) is 5.28. The molecular formula is C19H12ClNO3. The second kappa shape index (κ2) is 5.91. The van der Waals surface area contributed by atoms with Crippen LogP contribution >= 0.6 is 11.6 Å². The number of amides is 1. The highest BCUT2D eigenvalue weighted by atomic mass is 35.5. The normalized spacial score (nSPS) is 10.9. The molecule has 0 aliphatic heterocycles. The van der Waals surface area contributed by atoms with Crippen molar-refractivity contribution in [3.63, 3.8) is 0 Å². The van der Waals surface area contributed by atoms with E-state index in [0.29, 0.717) is 16.5 Å². The van der Waals surface area contributed by atoms with Crippen molar-refractivity contribution in [3.8, 4) is 5.75 Å². The zero-order chi connectivity index (χ0) is 16.5. The fourth-order valence-corrected chi connectivity index (χ4v) is 2.78. The number of benzene rings is 3. The lowest BCUT2D eigenvalue weighted by Gasteiger charge is -2.07. The van der Waals surface area contributed by atoms with E-state index in [1.54, 1.807) is 42.5 Å². The Hall–Kier alpha value is -2.98. The lowest BCUT2D eigenvalue weighted by Crippen LogP contribution is -2.16. The standard InChI is InChI=1S/C19H12ClNO3/c20-12-4-3-5-13(10-12)21-19(22)23-14-8-9-18-16(11-14)15-6-1-2-7-17(15)24-18/h1-11H,(H,21,22). The number of nitrogens with one attached hydrogen (secondary N) is 1. The van der Waals surface area contributed by atoms with Crippen LogP contribution in [0.4, 0.5) is 10.5 Å². The van der Waals surface area contributed by atoms with E-state index in [0.717, 1.165) is 21.9 Å². The summed E-state index contributed by atoms with van der Waals surface area (Å²) in [7, 11) is 0. The Morgan fingerprint density at radius 2 is 1.75 bits per heavy atom. The quantitative estimate of drug-likeness (QED) is 0.499. The van der Waals surface area contributed by atoms with Gasteiger partial charge in [-0.2, -0.15) is 0 Å². The highest BCUT2D eigenvalue weighted by Gasteiger charge is 2.10. The monoisotopic (exact) mass is 337 g/mol. The Bertz CT molecular complexity index is 1050. The van der Waals surface area contributed by atoms with Gasteiger partial charge in [-0.05, 0) is 42.5 Å². The Kier molecular flexibility index (Phi) is 3.59. The smallest absolute Gasteiger partial charge is 0.417 e. The van der Waals surface area contributed by atoms with E-state index < -0.39 is 6.09 Å². The summed E-state index contributed by atoms with van der Waals surface area (Å²) in [5.74, 6) is 0.439. The minimum Gasteiger partial charge on any atom is -0.456 e. The molecule has 4 aromatic rings. The summed E-state index contributed by atoms with van der Waals surface area (Å²) >= 11 is 5.89. The molecule has 1 heterocycles. The van der Waals surface area contributed by atoms with Crippen LogP contribution in [0.3, 0.4) is 0 Å². The van der Waals surface area contributed by atoms with Crippen molar-refractivity contribution >= 4 is 45.3 Å². The zero-order valence-electron chi connectivity index (χ0n) is 12.5. The van der Waals surface area contributed by atoms with Crippen molar-refractivity contribution in [2.24, 2.45) is 0 Å². The summed E-state index contributed by atoms with van der Waals surface area (Å²) in [6.45, 7) is 0. The van der Waals surface area contributed by atoms with E-state index >= 15 is 0 Å². The van der Waals surface area contributed by atoms with Gasteiger partial charge >= 0.3 is 6.09 Å². The summed E-state index contributed by atoms with van der Waals surface area (Å²) in [5.41, 5.74) is 2.12. The van der Waals surface area contributed by atoms with Gasteiger partial charge in [-0.15, -0.1) is 0 Å². The molecule has 0 atom stereocenters. The van der Waals surface area contributed by atoms with Crippen molar-refractivity contribution in [2.45, 2.75) is 0 Å². The van der Waals surface area contributed by atoms with Crippen LogP contribution in [0.1, 0.15) is 0 Å². The van der Waals surface area contributed by atoms with Crippen LogP contribution in [0.2, 0.25) is 5.02 Å². The number of halogens is 1. The number of ether oxygens (including phenoxy) is 1. The van der Waals surface area contributed by atoms with Gasteiger partial charge < -0.3 is 9.15 Å². The van der Waals surface area contributed by atoms with Crippen molar-refractivity contribution in [1.29, 1.82) is 0 Å². The third-order valence-electron chi connectivity index (χ3n) is 3.63. The van der Waals surface area contributed by atoms with Gasteiger partial charge in [-0.3, -0.25) is 5.32 Å². The van der Waals surface area contributed by atoms with Crippen LogP contribution < -0.4 is 10.1 Å². The van der Waals surface area contributed by atoms with Crippen molar-refractivity contribution in [2.75, 3.05) is 5.32 Å². The molecule has 0 unspecified atom stereocenters. The van der Waals surface area contributed by atoms with Crippen LogP contribution in [0.5, 0.6) is 5.75 Å². The Morgan fingerprint density at radius 1 is 0.917 bits per heavy atom. The molecule has 0 aliphatic carbocycles. The van der Waals surface area contributed by atoms with Gasteiger partial charge in [0.25, 0.3) is 0 Å². The van der Waals surface area contributed by atoms with Crippen LogP contribution in [0.15, 0.2) is 71.1 Å². The molecule has 3 aromatic carbocycles. The number of hydrogen-bond donors (Lipinski definition) is 1. The number of rotatable bonds is 2. The van der Waals surface area contributed by atoms with E-state index in [9.17, 15) is 4.79 Å². The first-order chi connectivity index (χ1) is 11.7. The first-order valence-corrected chi connectivity index (χ1v) is 7.72. The Balaban J connectivity index is 1.60. The van der Waals surface area contributed by atoms with Gasteiger partial charge in [0.05, 0.1) is 0 Å². The van der Waals surface area contributed by atoms with E-state index in [4.69, 9.17) is 20.8 Å². The fraction of sp³-hybridized carbons (Fsp3) is 0. The first kappa shape index (κ1) is 14.6. The number of fused-ring (bicyclic) bond motifs is 3. The number of para-hydroxylation sites is 1. The summed E-state index contributed by atoms with van der Waals surface area (Å²) in [4.78, 5) is 12.0. The summed E-state index contributed by atoms with van der Waals surface area (Å²) in [5, 5.41) is 5.06. The lowest BCUT2D eigenvalue weighted by molar-refractivity contribution is 0.215. The van der Waals surface area contributed by atoms with Gasteiger partial charge in [0.1, 0.15) is 16.9 Å². The number of anilines is 1. The molecule has 1 aromatic heterocycles. The summed E-state index contributed by atoms with van der Waals surface area (Å²) < 4.78 is 11.1. The molecule has 1 N–H and O–H groups in total. The minimum atomic E-state index is -0.579. The van der Waals surface area contributed by atoms with E-state index in [1.165, 1.54) is 0 Å². The molecule has 24 heavy (non-hydrogen) atoms. The van der Waals surface area contributed by atoms with E-state index in [1.807, 2.05) is 24.3 Å². The topological polar surface area (TPSA) is 51.5 Å². The molecule has 5 heteroatoms. The highest BCUT2D eigenvalue weighted by Crippen LogP contribution is 2.31. The third kappa shape index (κ3) is 2.79. The predicted octanol–water partition coefficient (Wildman–Crippen LogP) is 5.85. The molecule has 4 nitrogen and oxygen atoms in total. The maximum atomic E-state index is 12.0. The molecule has 118 valence electrons. The maximum absolute atomic E-state index is 12.0. The maximum Gasteiger partial charge on any atom is 0.417 e. The zero-order valence-corrected chi connectivity index (χ0v) is 13.2. The SMILES string of the molecule is O=C(Nc1cccc(Cl)c1)Oc1ccc2oc3ccccc3c2c1. The van der Waals surface area contributed by atoms with Crippen molar-refractivity contribution < 1.29 is 13.9 Å². The molecular weight excluding hydrogens is 326 g/mol. The van der Waals surface area contributed by atoms with Gasteiger partial charge in [0.2, 0.25) is 0 Å². The van der Waals surface area contributed by atoms with Crippen LogP contribution in [0, 0.1) is 0 Å². The molecule has 0 fully saturated rings. The summed E-state index contributed by atoms with van der Waals surface area (Å²) in [6, 6.07) is 19.9. The molecule has 0 saturated carbocycles. The predicted molar refractivity (Wildman–Crippen MR) is 94.8 cm³/mol. The van der Waals surface area contributed by atoms with E-state index in [-0.39, 0.29) is 0 Å². The third-order valence-corrected chi connectivity index (χ3v) is 3.86. The molecule has 1 amide bonds. The molecule has 0 radical (unpaired) electrons. The van der Waals surface area contributed by atoms with Crippen molar-refractivity contribution in [1.82, 2.24) is 0 Å². The number of carbonyl (C=O) groups is 1. The van der Waals surface area contributed by atoms with Gasteiger partial charge in [0.15, 0.2) is 0 Å². The average molecular weight is 338 g/mol. The van der Waals surface area contributed by atoms with Crippen LogP contribution in [-0.2, 0) is 0 Å². The molecule has 0 saturated heterocycles. The lowest BCUT2D eigenvalue weighted by atomic mass is 10.1.